The van der Waals surface area contributed by atoms with Gasteiger partial charge in [0.1, 0.15) is 6.61 Å². The monoisotopic (exact) mass is 342 g/mol. The highest BCUT2D eigenvalue weighted by Crippen LogP contribution is 2.31. The van der Waals surface area contributed by atoms with E-state index >= 15 is 0 Å². The van der Waals surface area contributed by atoms with Crippen LogP contribution in [0.25, 0.3) is 0 Å². The number of carbonyl (C=O) groups excluding carboxylic acids is 1. The Morgan fingerprint density at radius 2 is 2.20 bits per heavy atom. The summed E-state index contributed by atoms with van der Waals surface area (Å²) in [7, 11) is 1.94. The van der Waals surface area contributed by atoms with Crippen LogP contribution < -0.4 is 20.1 Å². The smallest absolute Gasteiger partial charge is 0.315 e. The number of nitrogens with one attached hydrogen (secondary N) is 2. The first-order valence-electron chi connectivity index (χ1n) is 8.64. The van der Waals surface area contributed by atoms with Gasteiger partial charge < -0.3 is 20.1 Å². The molecule has 0 saturated heterocycles. The normalized spacial score (nSPS) is 21.3. The van der Waals surface area contributed by atoms with Crippen LogP contribution in [0.15, 0.2) is 30.5 Å². The van der Waals surface area contributed by atoms with E-state index in [4.69, 9.17) is 9.47 Å². The summed E-state index contributed by atoms with van der Waals surface area (Å²) in [5.41, 5.74) is 2.33. The first-order chi connectivity index (χ1) is 12.2. The van der Waals surface area contributed by atoms with Gasteiger partial charge in [-0.2, -0.15) is 5.10 Å². The van der Waals surface area contributed by atoms with Crippen LogP contribution in [0.4, 0.5) is 4.79 Å². The zero-order chi connectivity index (χ0) is 17.2. The average Bonchev–Trinajstić information content (AvgIpc) is 3.02. The molecule has 0 unspecified atom stereocenters. The topological polar surface area (TPSA) is 77.4 Å². The van der Waals surface area contributed by atoms with Gasteiger partial charge >= 0.3 is 6.03 Å². The molecule has 7 nitrogen and oxygen atoms in total. The number of nitrogens with zero attached hydrogens (tertiary/aromatic N) is 2. The summed E-state index contributed by atoms with van der Waals surface area (Å²) in [6, 6.07) is 7.38. The van der Waals surface area contributed by atoms with Crippen LogP contribution in [-0.2, 0) is 13.5 Å². The Bertz CT molecular complexity index is 773. The first-order valence-corrected chi connectivity index (χ1v) is 8.64. The molecule has 1 aliphatic carbocycles. The van der Waals surface area contributed by atoms with E-state index in [2.05, 4.69) is 15.7 Å². The summed E-state index contributed by atoms with van der Waals surface area (Å²) >= 11 is 0. The Hall–Kier alpha value is -2.70. The number of hydrogen-bond acceptors (Lipinski definition) is 4. The molecular formula is C18H22N4O3. The van der Waals surface area contributed by atoms with Crippen LogP contribution in [0.2, 0.25) is 0 Å². The van der Waals surface area contributed by atoms with Crippen molar-refractivity contribution in [2.75, 3.05) is 13.2 Å². The Labute approximate surface area is 146 Å². The van der Waals surface area contributed by atoms with Crippen molar-refractivity contribution in [1.82, 2.24) is 20.4 Å². The van der Waals surface area contributed by atoms with E-state index in [1.165, 1.54) is 5.69 Å². The Balaban J connectivity index is 1.31. The maximum absolute atomic E-state index is 12.3. The van der Waals surface area contributed by atoms with E-state index in [0.717, 1.165) is 30.6 Å². The van der Waals surface area contributed by atoms with Crippen molar-refractivity contribution in [3.8, 4) is 11.5 Å². The second-order valence-electron chi connectivity index (χ2n) is 6.47. The second kappa shape index (κ2) is 6.66. The Morgan fingerprint density at radius 1 is 1.36 bits per heavy atom. The van der Waals surface area contributed by atoms with E-state index in [9.17, 15) is 4.79 Å². The number of benzene rings is 1. The molecule has 1 aliphatic heterocycles. The fraction of sp³-hybridized carbons (Fsp3) is 0.444. The van der Waals surface area contributed by atoms with Crippen molar-refractivity contribution in [1.29, 1.82) is 0 Å². The van der Waals surface area contributed by atoms with Crippen LogP contribution in [0.5, 0.6) is 11.5 Å². The van der Waals surface area contributed by atoms with Gasteiger partial charge in [0.25, 0.3) is 0 Å². The maximum Gasteiger partial charge on any atom is 0.315 e. The molecule has 0 fully saturated rings. The summed E-state index contributed by atoms with van der Waals surface area (Å²) < 4.78 is 13.4. The standard InChI is InChI=1S/C18H22N4O3/c1-22-15-6-4-5-14(13(15)10-20-22)21-18(23)19-9-12-11-24-16-7-2-3-8-17(16)25-12/h2-3,7-8,10,12,14H,4-6,9,11H2,1H3,(H2,19,21,23)/t12-,14-/m0/s1. The van der Waals surface area contributed by atoms with Gasteiger partial charge in [-0.15, -0.1) is 0 Å². The summed E-state index contributed by atoms with van der Waals surface area (Å²) in [5.74, 6) is 1.46. The zero-order valence-corrected chi connectivity index (χ0v) is 14.2. The van der Waals surface area contributed by atoms with Gasteiger partial charge in [0.05, 0.1) is 18.8 Å². The number of aryl methyl sites for hydroxylation is 1. The fourth-order valence-corrected chi connectivity index (χ4v) is 3.44. The number of ether oxygens (including phenoxy) is 2. The Kier molecular flexibility index (Phi) is 4.21. The number of para-hydroxylation sites is 2. The van der Waals surface area contributed by atoms with Crippen LogP contribution >= 0.6 is 0 Å². The van der Waals surface area contributed by atoms with Crippen molar-refractivity contribution in [3.63, 3.8) is 0 Å². The van der Waals surface area contributed by atoms with Crippen molar-refractivity contribution in [3.05, 3.63) is 41.7 Å². The molecule has 1 aromatic heterocycles. The lowest BCUT2D eigenvalue weighted by molar-refractivity contribution is 0.0917. The third-order valence-corrected chi connectivity index (χ3v) is 4.74. The lowest BCUT2D eigenvalue weighted by Gasteiger charge is -2.27. The predicted octanol–water partition coefficient (Wildman–Crippen LogP) is 1.94. The number of amides is 2. The van der Waals surface area contributed by atoms with E-state index < -0.39 is 0 Å². The number of aromatic nitrogens is 2. The lowest BCUT2D eigenvalue weighted by Crippen LogP contribution is -2.45. The van der Waals surface area contributed by atoms with Gasteiger partial charge in [0.15, 0.2) is 17.6 Å². The van der Waals surface area contributed by atoms with Crippen molar-refractivity contribution in [2.24, 2.45) is 7.05 Å². The molecule has 7 heteroatoms. The molecule has 25 heavy (non-hydrogen) atoms. The van der Waals surface area contributed by atoms with Crippen molar-refractivity contribution < 1.29 is 14.3 Å². The molecule has 0 saturated carbocycles. The van der Waals surface area contributed by atoms with E-state index in [-0.39, 0.29) is 18.2 Å². The second-order valence-corrected chi connectivity index (χ2v) is 6.47. The molecule has 1 aromatic carbocycles. The van der Waals surface area contributed by atoms with Crippen LogP contribution in [0, 0.1) is 0 Å². The number of rotatable bonds is 3. The molecular weight excluding hydrogens is 320 g/mol. The van der Waals surface area contributed by atoms with Gasteiger partial charge in [-0.05, 0) is 31.4 Å². The molecule has 2 aliphatic rings. The van der Waals surface area contributed by atoms with E-state index in [0.29, 0.717) is 18.9 Å². The van der Waals surface area contributed by atoms with Crippen LogP contribution in [-0.4, -0.2) is 35.1 Å². The van der Waals surface area contributed by atoms with E-state index in [1.54, 1.807) is 0 Å². The quantitative estimate of drug-likeness (QED) is 0.894. The first kappa shape index (κ1) is 15.8. The molecule has 2 amide bonds. The minimum absolute atomic E-state index is 0.0155. The van der Waals surface area contributed by atoms with Gasteiger partial charge in [0.2, 0.25) is 0 Å². The molecule has 2 N–H and O–H groups in total. The molecule has 2 heterocycles. The number of hydrogen-bond donors (Lipinski definition) is 2. The molecule has 2 atom stereocenters. The minimum atomic E-state index is -0.194. The molecule has 2 aromatic rings. The number of fused-ring (bicyclic) bond motifs is 2. The predicted molar refractivity (Wildman–Crippen MR) is 91.8 cm³/mol. The molecule has 0 radical (unpaired) electrons. The van der Waals surface area contributed by atoms with Gasteiger partial charge in [-0.3, -0.25) is 4.68 Å². The summed E-state index contributed by atoms with van der Waals surface area (Å²) in [6.07, 6.45) is 4.66. The van der Waals surface area contributed by atoms with Crippen LogP contribution in [0.3, 0.4) is 0 Å². The largest absolute Gasteiger partial charge is 0.486 e. The van der Waals surface area contributed by atoms with Gasteiger partial charge in [0, 0.05) is 18.3 Å². The summed E-state index contributed by atoms with van der Waals surface area (Å²) in [5, 5.41) is 10.2. The maximum atomic E-state index is 12.3. The van der Waals surface area contributed by atoms with Crippen molar-refractivity contribution in [2.45, 2.75) is 31.4 Å². The highest BCUT2D eigenvalue weighted by molar-refractivity contribution is 5.74. The third-order valence-electron chi connectivity index (χ3n) is 4.74. The lowest BCUT2D eigenvalue weighted by atomic mass is 9.93. The highest BCUT2D eigenvalue weighted by atomic mass is 16.6. The summed E-state index contributed by atoms with van der Waals surface area (Å²) in [6.45, 7) is 0.820. The highest BCUT2D eigenvalue weighted by Gasteiger charge is 2.26. The minimum Gasteiger partial charge on any atom is -0.486 e. The molecule has 4 rings (SSSR count). The Morgan fingerprint density at radius 3 is 3.08 bits per heavy atom. The SMILES string of the molecule is Cn1ncc2c1CCC[C@@H]2NC(=O)NC[C@H]1COc2ccccc2O1. The fourth-order valence-electron chi connectivity index (χ4n) is 3.44. The molecule has 0 bridgehead atoms. The van der Waals surface area contributed by atoms with Gasteiger partial charge in [-0.25, -0.2) is 4.79 Å². The zero-order valence-electron chi connectivity index (χ0n) is 14.2. The average molecular weight is 342 g/mol. The summed E-state index contributed by atoms with van der Waals surface area (Å²) in [4.78, 5) is 12.3. The molecule has 132 valence electrons. The number of carbonyl (C=O) groups is 1. The molecule has 0 spiro atoms. The number of urea groups is 1. The van der Waals surface area contributed by atoms with Crippen LogP contribution in [0.1, 0.15) is 30.1 Å². The van der Waals surface area contributed by atoms with E-state index in [1.807, 2.05) is 42.2 Å². The van der Waals surface area contributed by atoms with Crippen molar-refractivity contribution >= 4 is 6.03 Å². The van der Waals surface area contributed by atoms with Gasteiger partial charge in [-0.1, -0.05) is 12.1 Å². The third kappa shape index (κ3) is 3.26.